The van der Waals surface area contributed by atoms with Crippen molar-refractivity contribution in [2.75, 3.05) is 12.3 Å². The van der Waals surface area contributed by atoms with Crippen LogP contribution in [0.2, 0.25) is 0 Å². The number of hydrogen-bond acceptors (Lipinski definition) is 3. The molecule has 0 aliphatic heterocycles. The molecule has 2 rings (SSSR count). The molecule has 1 atom stereocenters. The molecule has 104 valence electrons. The molecule has 0 saturated heterocycles. The van der Waals surface area contributed by atoms with Crippen LogP contribution in [0.25, 0.3) is 0 Å². The first-order chi connectivity index (χ1) is 9.56. The molecule has 2 aromatic rings. The number of nitrogen functional groups attached to an aromatic ring is 1. The summed E-state index contributed by atoms with van der Waals surface area (Å²) in [5, 5.41) is 12.7. The van der Waals surface area contributed by atoms with Crippen molar-refractivity contribution in [2.45, 2.75) is 6.10 Å². The summed E-state index contributed by atoms with van der Waals surface area (Å²) in [4.78, 5) is 12.0. The molecule has 20 heavy (non-hydrogen) atoms. The second kappa shape index (κ2) is 6.54. The van der Waals surface area contributed by atoms with Crippen LogP contribution in [0.15, 0.2) is 53.0 Å². The van der Waals surface area contributed by atoms with E-state index >= 15 is 0 Å². The van der Waals surface area contributed by atoms with Crippen LogP contribution in [0.1, 0.15) is 22.0 Å². The predicted octanol–water partition coefficient (Wildman–Crippen LogP) is 2.49. The van der Waals surface area contributed by atoms with E-state index in [2.05, 4.69) is 21.2 Å². The van der Waals surface area contributed by atoms with E-state index in [-0.39, 0.29) is 12.5 Å². The highest BCUT2D eigenvalue weighted by atomic mass is 79.9. The lowest BCUT2D eigenvalue weighted by atomic mass is 10.1. The molecule has 0 saturated carbocycles. The summed E-state index contributed by atoms with van der Waals surface area (Å²) in [6, 6.07) is 14.2. The van der Waals surface area contributed by atoms with E-state index in [1.54, 1.807) is 18.2 Å². The molecule has 0 aliphatic rings. The molecule has 1 amide bonds. The number of nitrogens with two attached hydrogens (primary N) is 1. The Morgan fingerprint density at radius 3 is 2.60 bits per heavy atom. The summed E-state index contributed by atoms with van der Waals surface area (Å²) in [5.74, 6) is -0.270. The molecule has 1 unspecified atom stereocenters. The van der Waals surface area contributed by atoms with E-state index in [1.807, 2.05) is 30.3 Å². The Hall–Kier alpha value is -1.85. The van der Waals surface area contributed by atoms with Crippen molar-refractivity contribution >= 4 is 27.5 Å². The van der Waals surface area contributed by atoms with Crippen LogP contribution >= 0.6 is 15.9 Å². The van der Waals surface area contributed by atoms with Gasteiger partial charge >= 0.3 is 0 Å². The standard InChI is InChI=1S/C15H15BrN2O2/c16-12-6-11(7-13(17)8-12)15(20)18-9-14(19)10-4-2-1-3-5-10/h1-8,14,19H,9,17H2,(H,18,20). The van der Waals surface area contributed by atoms with E-state index < -0.39 is 6.10 Å². The van der Waals surface area contributed by atoms with Gasteiger partial charge in [-0.15, -0.1) is 0 Å². The highest BCUT2D eigenvalue weighted by molar-refractivity contribution is 9.10. The molecule has 4 N–H and O–H groups in total. The summed E-state index contributed by atoms with van der Waals surface area (Å²) < 4.78 is 0.742. The summed E-state index contributed by atoms with van der Waals surface area (Å²) in [6.45, 7) is 0.148. The maximum atomic E-state index is 12.0. The second-order valence-corrected chi connectivity index (χ2v) is 5.33. The van der Waals surface area contributed by atoms with Crippen molar-refractivity contribution in [1.29, 1.82) is 0 Å². The molecular formula is C15H15BrN2O2. The molecular weight excluding hydrogens is 320 g/mol. The van der Waals surface area contributed by atoms with Gasteiger partial charge in [-0.3, -0.25) is 4.79 Å². The lowest BCUT2D eigenvalue weighted by Crippen LogP contribution is -2.28. The van der Waals surface area contributed by atoms with Gasteiger partial charge in [-0.1, -0.05) is 46.3 Å². The summed E-state index contributed by atoms with van der Waals surface area (Å²) >= 11 is 3.29. The summed E-state index contributed by atoms with van der Waals surface area (Å²) in [5.41, 5.74) is 7.41. The van der Waals surface area contributed by atoms with Crippen molar-refractivity contribution in [1.82, 2.24) is 5.32 Å². The molecule has 0 heterocycles. The van der Waals surface area contributed by atoms with Gasteiger partial charge in [-0.05, 0) is 23.8 Å². The van der Waals surface area contributed by atoms with E-state index in [4.69, 9.17) is 5.73 Å². The highest BCUT2D eigenvalue weighted by Crippen LogP contribution is 2.17. The Balaban J connectivity index is 1.98. The van der Waals surface area contributed by atoms with Gasteiger partial charge in [0.15, 0.2) is 0 Å². The Bertz CT molecular complexity index is 582. The minimum atomic E-state index is -0.732. The average molecular weight is 335 g/mol. The van der Waals surface area contributed by atoms with Crippen LogP contribution < -0.4 is 11.1 Å². The number of carbonyl (C=O) groups excluding carboxylic acids is 1. The van der Waals surface area contributed by atoms with Crippen molar-refractivity contribution in [3.8, 4) is 0 Å². The number of benzene rings is 2. The van der Waals surface area contributed by atoms with Gasteiger partial charge in [0.1, 0.15) is 0 Å². The van der Waals surface area contributed by atoms with Crippen molar-refractivity contribution in [2.24, 2.45) is 0 Å². The molecule has 0 bridgehead atoms. The van der Waals surface area contributed by atoms with E-state index in [1.165, 1.54) is 0 Å². The number of amides is 1. The number of aliphatic hydroxyl groups excluding tert-OH is 1. The fraction of sp³-hybridized carbons (Fsp3) is 0.133. The zero-order valence-corrected chi connectivity index (χ0v) is 12.3. The molecule has 2 aromatic carbocycles. The summed E-state index contributed by atoms with van der Waals surface area (Å²) in [7, 11) is 0. The smallest absolute Gasteiger partial charge is 0.251 e. The molecule has 4 nitrogen and oxygen atoms in total. The maximum absolute atomic E-state index is 12.0. The minimum absolute atomic E-state index is 0.148. The monoisotopic (exact) mass is 334 g/mol. The van der Waals surface area contributed by atoms with Crippen LogP contribution in [-0.2, 0) is 0 Å². The Morgan fingerprint density at radius 1 is 1.25 bits per heavy atom. The summed E-state index contributed by atoms with van der Waals surface area (Å²) in [6.07, 6.45) is -0.732. The number of aliphatic hydroxyl groups is 1. The number of anilines is 1. The first-order valence-corrected chi connectivity index (χ1v) is 6.93. The van der Waals surface area contributed by atoms with Crippen molar-refractivity contribution < 1.29 is 9.90 Å². The number of nitrogens with one attached hydrogen (secondary N) is 1. The molecule has 0 aromatic heterocycles. The Morgan fingerprint density at radius 2 is 1.95 bits per heavy atom. The highest BCUT2D eigenvalue weighted by Gasteiger charge is 2.11. The average Bonchev–Trinajstić information content (AvgIpc) is 2.44. The second-order valence-electron chi connectivity index (χ2n) is 4.41. The zero-order chi connectivity index (χ0) is 14.5. The SMILES string of the molecule is Nc1cc(Br)cc(C(=O)NCC(O)c2ccccc2)c1. The van der Waals surface area contributed by atoms with Gasteiger partial charge in [0.2, 0.25) is 0 Å². The lowest BCUT2D eigenvalue weighted by molar-refractivity contribution is 0.0916. The quantitative estimate of drug-likeness (QED) is 0.752. The fourth-order valence-corrected chi connectivity index (χ4v) is 2.34. The van der Waals surface area contributed by atoms with Gasteiger partial charge < -0.3 is 16.2 Å². The first-order valence-electron chi connectivity index (χ1n) is 6.13. The zero-order valence-electron chi connectivity index (χ0n) is 10.7. The predicted molar refractivity (Wildman–Crippen MR) is 82.3 cm³/mol. The lowest BCUT2D eigenvalue weighted by Gasteiger charge is -2.12. The van der Waals surface area contributed by atoms with Gasteiger partial charge in [0.25, 0.3) is 5.91 Å². The topological polar surface area (TPSA) is 75.4 Å². The maximum Gasteiger partial charge on any atom is 0.251 e. The van der Waals surface area contributed by atoms with E-state index in [0.29, 0.717) is 11.3 Å². The van der Waals surface area contributed by atoms with Gasteiger partial charge in [0.05, 0.1) is 6.10 Å². The largest absolute Gasteiger partial charge is 0.399 e. The van der Waals surface area contributed by atoms with E-state index in [0.717, 1.165) is 10.0 Å². The van der Waals surface area contributed by atoms with Gasteiger partial charge in [0, 0.05) is 22.3 Å². The van der Waals surface area contributed by atoms with Crippen LogP contribution in [0, 0.1) is 0 Å². The Labute approximate surface area is 125 Å². The van der Waals surface area contributed by atoms with Crippen molar-refractivity contribution in [3.63, 3.8) is 0 Å². The number of carbonyl (C=O) groups is 1. The fourth-order valence-electron chi connectivity index (χ4n) is 1.83. The van der Waals surface area contributed by atoms with Crippen LogP contribution in [0.5, 0.6) is 0 Å². The van der Waals surface area contributed by atoms with E-state index in [9.17, 15) is 9.90 Å². The Kier molecular flexibility index (Phi) is 4.76. The number of hydrogen-bond donors (Lipinski definition) is 3. The normalized spacial score (nSPS) is 11.9. The third-order valence-electron chi connectivity index (χ3n) is 2.82. The molecule has 0 spiro atoms. The molecule has 0 radical (unpaired) electrons. The van der Waals surface area contributed by atoms with Crippen LogP contribution in [0.4, 0.5) is 5.69 Å². The third kappa shape index (κ3) is 3.82. The number of rotatable bonds is 4. The third-order valence-corrected chi connectivity index (χ3v) is 3.28. The number of halogens is 1. The van der Waals surface area contributed by atoms with Crippen LogP contribution in [0.3, 0.4) is 0 Å². The molecule has 5 heteroatoms. The van der Waals surface area contributed by atoms with Crippen molar-refractivity contribution in [3.05, 3.63) is 64.1 Å². The molecule has 0 fully saturated rings. The van der Waals surface area contributed by atoms with Gasteiger partial charge in [-0.2, -0.15) is 0 Å². The van der Waals surface area contributed by atoms with Crippen LogP contribution in [-0.4, -0.2) is 17.6 Å². The first kappa shape index (κ1) is 14.6. The minimum Gasteiger partial charge on any atom is -0.399 e. The van der Waals surface area contributed by atoms with Gasteiger partial charge in [-0.25, -0.2) is 0 Å². The molecule has 0 aliphatic carbocycles.